The van der Waals surface area contributed by atoms with Gasteiger partial charge in [-0.3, -0.25) is 0 Å². The zero-order valence-corrected chi connectivity index (χ0v) is 10.4. The standard InChI is InChI=1S/C12H21N3/c1-6-12-14-9(4)11(10(5)15-12)7-13-8(2)3/h8,13H,6-7H2,1-5H3. The summed E-state index contributed by atoms with van der Waals surface area (Å²) in [5.74, 6) is 0.943. The SMILES string of the molecule is CCc1nc(C)c(CNC(C)C)c(C)n1. The van der Waals surface area contributed by atoms with Gasteiger partial charge >= 0.3 is 0 Å². The number of nitrogens with zero attached hydrogens (tertiary/aromatic N) is 2. The largest absolute Gasteiger partial charge is 0.310 e. The minimum Gasteiger partial charge on any atom is -0.310 e. The molecule has 0 atom stereocenters. The summed E-state index contributed by atoms with van der Waals surface area (Å²) in [6.45, 7) is 11.4. The fraction of sp³-hybridized carbons (Fsp3) is 0.667. The normalized spacial score (nSPS) is 11.1. The lowest BCUT2D eigenvalue weighted by Crippen LogP contribution is -2.23. The molecule has 0 bridgehead atoms. The summed E-state index contributed by atoms with van der Waals surface area (Å²) in [6.07, 6.45) is 0.902. The van der Waals surface area contributed by atoms with Crippen molar-refractivity contribution in [2.45, 2.75) is 53.6 Å². The van der Waals surface area contributed by atoms with E-state index in [4.69, 9.17) is 0 Å². The Morgan fingerprint density at radius 2 is 1.67 bits per heavy atom. The van der Waals surface area contributed by atoms with Crippen molar-refractivity contribution in [3.05, 3.63) is 22.8 Å². The van der Waals surface area contributed by atoms with Crippen LogP contribution in [0.1, 0.15) is 43.5 Å². The van der Waals surface area contributed by atoms with Gasteiger partial charge in [-0.25, -0.2) is 9.97 Å². The maximum absolute atomic E-state index is 4.48. The van der Waals surface area contributed by atoms with Crippen LogP contribution in [0.4, 0.5) is 0 Å². The van der Waals surface area contributed by atoms with Gasteiger partial charge in [-0.05, 0) is 13.8 Å². The van der Waals surface area contributed by atoms with Crippen molar-refractivity contribution in [3.63, 3.8) is 0 Å². The van der Waals surface area contributed by atoms with Gasteiger partial charge < -0.3 is 5.32 Å². The molecule has 1 aromatic rings. The van der Waals surface area contributed by atoms with Gasteiger partial charge in [-0.1, -0.05) is 20.8 Å². The molecule has 3 heteroatoms. The van der Waals surface area contributed by atoms with Crippen molar-refractivity contribution in [1.29, 1.82) is 0 Å². The van der Waals surface area contributed by atoms with E-state index >= 15 is 0 Å². The number of hydrogen-bond donors (Lipinski definition) is 1. The lowest BCUT2D eigenvalue weighted by molar-refractivity contribution is 0.582. The van der Waals surface area contributed by atoms with Crippen molar-refractivity contribution in [3.8, 4) is 0 Å². The van der Waals surface area contributed by atoms with Gasteiger partial charge in [-0.15, -0.1) is 0 Å². The highest BCUT2D eigenvalue weighted by Gasteiger charge is 2.07. The zero-order chi connectivity index (χ0) is 11.4. The van der Waals surface area contributed by atoms with E-state index in [1.165, 1.54) is 5.56 Å². The van der Waals surface area contributed by atoms with Crippen LogP contribution in [-0.4, -0.2) is 16.0 Å². The third-order valence-corrected chi connectivity index (χ3v) is 2.47. The lowest BCUT2D eigenvalue weighted by atomic mass is 10.1. The first-order valence-electron chi connectivity index (χ1n) is 5.61. The summed E-state index contributed by atoms with van der Waals surface area (Å²) in [5.41, 5.74) is 3.45. The predicted molar refractivity (Wildman–Crippen MR) is 62.9 cm³/mol. The monoisotopic (exact) mass is 207 g/mol. The molecule has 1 N–H and O–H groups in total. The average molecular weight is 207 g/mol. The molecular weight excluding hydrogens is 186 g/mol. The first kappa shape index (κ1) is 12.1. The van der Waals surface area contributed by atoms with Crippen LogP contribution in [0.5, 0.6) is 0 Å². The minimum atomic E-state index is 0.495. The molecule has 1 aromatic heterocycles. The first-order valence-corrected chi connectivity index (χ1v) is 5.61. The van der Waals surface area contributed by atoms with E-state index in [0.717, 1.165) is 30.2 Å². The van der Waals surface area contributed by atoms with Crippen LogP contribution in [0.25, 0.3) is 0 Å². The van der Waals surface area contributed by atoms with Crippen LogP contribution in [0.2, 0.25) is 0 Å². The second-order valence-electron chi connectivity index (χ2n) is 4.18. The van der Waals surface area contributed by atoms with E-state index in [1.54, 1.807) is 0 Å². The molecule has 0 saturated heterocycles. The Hall–Kier alpha value is -0.960. The second kappa shape index (κ2) is 5.21. The van der Waals surface area contributed by atoms with Gasteiger partial charge in [0, 0.05) is 36.0 Å². The fourth-order valence-electron chi connectivity index (χ4n) is 1.53. The van der Waals surface area contributed by atoms with Crippen molar-refractivity contribution < 1.29 is 0 Å². The molecule has 0 amide bonds. The van der Waals surface area contributed by atoms with Crippen molar-refractivity contribution in [2.24, 2.45) is 0 Å². The quantitative estimate of drug-likeness (QED) is 0.822. The molecule has 84 valence electrons. The molecule has 0 unspecified atom stereocenters. The fourth-order valence-corrected chi connectivity index (χ4v) is 1.53. The van der Waals surface area contributed by atoms with Crippen LogP contribution >= 0.6 is 0 Å². The zero-order valence-electron chi connectivity index (χ0n) is 10.4. The minimum absolute atomic E-state index is 0.495. The number of rotatable bonds is 4. The molecule has 0 aliphatic heterocycles. The molecule has 3 nitrogen and oxygen atoms in total. The molecule has 0 fully saturated rings. The molecule has 1 rings (SSSR count). The van der Waals surface area contributed by atoms with Crippen LogP contribution < -0.4 is 5.32 Å². The maximum atomic E-state index is 4.48. The number of hydrogen-bond acceptors (Lipinski definition) is 3. The van der Waals surface area contributed by atoms with Crippen molar-refractivity contribution in [2.75, 3.05) is 0 Å². The van der Waals surface area contributed by atoms with E-state index in [-0.39, 0.29) is 0 Å². The number of nitrogens with one attached hydrogen (secondary N) is 1. The van der Waals surface area contributed by atoms with E-state index in [2.05, 4.69) is 49.9 Å². The predicted octanol–water partition coefficient (Wildman–Crippen LogP) is 2.15. The summed E-state index contributed by atoms with van der Waals surface area (Å²) in [4.78, 5) is 8.96. The summed E-state index contributed by atoms with van der Waals surface area (Å²) >= 11 is 0. The smallest absolute Gasteiger partial charge is 0.128 e. The highest BCUT2D eigenvalue weighted by atomic mass is 14.9. The third-order valence-electron chi connectivity index (χ3n) is 2.47. The van der Waals surface area contributed by atoms with Crippen LogP contribution in [0, 0.1) is 13.8 Å². The Bertz CT molecular complexity index is 309. The molecule has 0 spiro atoms. The number of aromatic nitrogens is 2. The molecular formula is C12H21N3. The van der Waals surface area contributed by atoms with E-state index in [1.807, 2.05) is 0 Å². The van der Waals surface area contributed by atoms with Gasteiger partial charge in [0.15, 0.2) is 0 Å². The summed E-state index contributed by atoms with van der Waals surface area (Å²) in [6, 6.07) is 0.495. The molecule has 0 aromatic carbocycles. The van der Waals surface area contributed by atoms with Crippen LogP contribution in [0.3, 0.4) is 0 Å². The summed E-state index contributed by atoms with van der Waals surface area (Å²) in [7, 11) is 0. The second-order valence-corrected chi connectivity index (χ2v) is 4.18. The first-order chi connectivity index (χ1) is 7.04. The number of aryl methyl sites for hydroxylation is 3. The molecule has 1 heterocycles. The van der Waals surface area contributed by atoms with Gasteiger partial charge in [0.05, 0.1) is 0 Å². The molecule has 0 aliphatic rings. The van der Waals surface area contributed by atoms with Gasteiger partial charge in [0.2, 0.25) is 0 Å². The topological polar surface area (TPSA) is 37.8 Å². The molecule has 0 aliphatic carbocycles. The molecule has 15 heavy (non-hydrogen) atoms. The third kappa shape index (κ3) is 3.27. The Morgan fingerprint density at radius 1 is 1.13 bits per heavy atom. The Kier molecular flexibility index (Phi) is 4.21. The lowest BCUT2D eigenvalue weighted by Gasteiger charge is -2.13. The van der Waals surface area contributed by atoms with Gasteiger partial charge in [-0.2, -0.15) is 0 Å². The van der Waals surface area contributed by atoms with Gasteiger partial charge in [0.1, 0.15) is 5.82 Å². The Morgan fingerprint density at radius 3 is 2.07 bits per heavy atom. The van der Waals surface area contributed by atoms with E-state index < -0.39 is 0 Å². The average Bonchev–Trinajstić information content (AvgIpc) is 2.15. The van der Waals surface area contributed by atoms with Crippen LogP contribution in [0.15, 0.2) is 0 Å². The molecule has 0 saturated carbocycles. The highest BCUT2D eigenvalue weighted by Crippen LogP contribution is 2.10. The highest BCUT2D eigenvalue weighted by molar-refractivity contribution is 5.24. The Labute approximate surface area is 92.3 Å². The van der Waals surface area contributed by atoms with E-state index in [0.29, 0.717) is 6.04 Å². The van der Waals surface area contributed by atoms with Crippen molar-refractivity contribution >= 4 is 0 Å². The molecule has 0 radical (unpaired) electrons. The van der Waals surface area contributed by atoms with Crippen LogP contribution in [-0.2, 0) is 13.0 Å². The van der Waals surface area contributed by atoms with E-state index in [9.17, 15) is 0 Å². The van der Waals surface area contributed by atoms with Gasteiger partial charge in [0.25, 0.3) is 0 Å². The Balaban J connectivity index is 2.88. The van der Waals surface area contributed by atoms with Crippen molar-refractivity contribution in [1.82, 2.24) is 15.3 Å². The summed E-state index contributed by atoms with van der Waals surface area (Å²) in [5, 5.41) is 3.40. The maximum Gasteiger partial charge on any atom is 0.128 e. The summed E-state index contributed by atoms with van der Waals surface area (Å²) < 4.78 is 0.